The summed E-state index contributed by atoms with van der Waals surface area (Å²) in [5.74, 6) is 0.962. The first kappa shape index (κ1) is 20.5. The van der Waals surface area contributed by atoms with E-state index in [0.29, 0.717) is 6.04 Å². The molecule has 0 aromatic heterocycles. The Morgan fingerprint density at radius 1 is 1.11 bits per heavy atom. The smallest absolute Gasteiger partial charge is 0.191 e. The zero-order chi connectivity index (χ0) is 18.9. The molecule has 1 aliphatic heterocycles. The quantitative estimate of drug-likeness (QED) is 0.553. The van der Waals surface area contributed by atoms with E-state index in [1.807, 2.05) is 18.8 Å². The van der Waals surface area contributed by atoms with Crippen LogP contribution in [-0.4, -0.2) is 79.6 Å². The highest BCUT2D eigenvalue weighted by Gasteiger charge is 2.24. The molecule has 0 radical (unpaired) electrons. The molecular weight excluding hydrogens is 354 g/mol. The van der Waals surface area contributed by atoms with E-state index < -0.39 is 0 Å². The van der Waals surface area contributed by atoms with Crippen molar-refractivity contribution in [3.63, 3.8) is 0 Å². The Morgan fingerprint density at radius 3 is 2.52 bits per heavy atom. The molecule has 2 unspecified atom stereocenters. The molecule has 5 nitrogen and oxygen atoms in total. The highest BCUT2D eigenvalue weighted by atomic mass is 32.2. The average Bonchev–Trinajstić information content (AvgIpc) is 3.17. The molecule has 27 heavy (non-hydrogen) atoms. The zero-order valence-corrected chi connectivity index (χ0v) is 17.7. The Hall–Kier alpha value is -1.24. The standard InChI is InChI=1S/C21H35N5S/c1-22-21(24-19-8-9-20(16-19)27-2)23-10-11-25-12-14-26(15-13-25)17-18-6-4-3-5-7-18/h3-7,19-20H,8-17H2,1-2H3,(H2,22,23,24). The highest BCUT2D eigenvalue weighted by molar-refractivity contribution is 7.99. The van der Waals surface area contributed by atoms with Gasteiger partial charge in [-0.1, -0.05) is 30.3 Å². The van der Waals surface area contributed by atoms with E-state index in [1.54, 1.807) is 0 Å². The average molecular weight is 390 g/mol. The first-order valence-corrected chi connectivity index (χ1v) is 11.5. The monoisotopic (exact) mass is 389 g/mol. The first-order chi connectivity index (χ1) is 13.3. The van der Waals surface area contributed by atoms with E-state index >= 15 is 0 Å². The molecule has 2 aliphatic rings. The van der Waals surface area contributed by atoms with Crippen LogP contribution in [0, 0.1) is 0 Å². The second-order valence-corrected chi connectivity index (χ2v) is 8.75. The van der Waals surface area contributed by atoms with Gasteiger partial charge >= 0.3 is 0 Å². The molecule has 1 saturated carbocycles. The fourth-order valence-electron chi connectivity index (χ4n) is 4.02. The summed E-state index contributed by atoms with van der Waals surface area (Å²) in [7, 11) is 1.87. The van der Waals surface area contributed by atoms with Crippen molar-refractivity contribution in [1.29, 1.82) is 0 Å². The minimum atomic E-state index is 0.579. The minimum Gasteiger partial charge on any atom is -0.355 e. The summed E-state index contributed by atoms with van der Waals surface area (Å²) in [5.41, 5.74) is 1.41. The summed E-state index contributed by atoms with van der Waals surface area (Å²) in [6.45, 7) is 7.72. The number of thioether (sulfide) groups is 1. The summed E-state index contributed by atoms with van der Waals surface area (Å²) in [4.78, 5) is 9.52. The van der Waals surface area contributed by atoms with E-state index in [4.69, 9.17) is 0 Å². The molecule has 0 bridgehead atoms. The number of nitrogens with zero attached hydrogens (tertiary/aromatic N) is 3. The van der Waals surface area contributed by atoms with Gasteiger partial charge in [0.15, 0.2) is 5.96 Å². The van der Waals surface area contributed by atoms with Crippen LogP contribution < -0.4 is 10.6 Å². The molecule has 1 aliphatic carbocycles. The molecule has 0 amide bonds. The van der Waals surface area contributed by atoms with Gasteiger partial charge in [-0.2, -0.15) is 11.8 Å². The normalized spacial score (nSPS) is 24.9. The Balaban J connectivity index is 1.30. The molecule has 2 N–H and O–H groups in total. The maximum absolute atomic E-state index is 4.40. The van der Waals surface area contributed by atoms with E-state index in [9.17, 15) is 0 Å². The van der Waals surface area contributed by atoms with Crippen LogP contribution in [0.2, 0.25) is 0 Å². The van der Waals surface area contributed by atoms with Crippen molar-refractivity contribution in [2.45, 2.75) is 37.1 Å². The summed E-state index contributed by atoms with van der Waals surface area (Å²) in [5, 5.41) is 7.92. The molecule has 0 spiro atoms. The van der Waals surface area contributed by atoms with Crippen molar-refractivity contribution in [2.75, 3.05) is 52.6 Å². The predicted octanol–water partition coefficient (Wildman–Crippen LogP) is 2.25. The number of benzene rings is 1. The summed E-state index contributed by atoms with van der Waals surface area (Å²) in [6, 6.07) is 11.4. The lowest BCUT2D eigenvalue weighted by atomic mass is 10.2. The van der Waals surface area contributed by atoms with Crippen LogP contribution in [0.15, 0.2) is 35.3 Å². The fourth-order valence-corrected chi connectivity index (χ4v) is 4.81. The summed E-state index contributed by atoms with van der Waals surface area (Å²) >= 11 is 2.00. The van der Waals surface area contributed by atoms with Gasteiger partial charge in [0, 0.05) is 64.2 Å². The van der Waals surface area contributed by atoms with Crippen molar-refractivity contribution in [3.05, 3.63) is 35.9 Å². The molecule has 2 atom stereocenters. The molecule has 1 aromatic carbocycles. The highest BCUT2D eigenvalue weighted by Crippen LogP contribution is 2.27. The SMILES string of the molecule is CN=C(NCCN1CCN(Cc2ccccc2)CC1)NC1CCC(SC)C1. The number of hydrogen-bond acceptors (Lipinski definition) is 4. The van der Waals surface area contributed by atoms with E-state index in [0.717, 1.165) is 57.0 Å². The van der Waals surface area contributed by atoms with Gasteiger partial charge in [0.1, 0.15) is 0 Å². The molecule has 150 valence electrons. The van der Waals surface area contributed by atoms with Gasteiger partial charge in [-0.05, 0) is 31.1 Å². The van der Waals surface area contributed by atoms with Crippen molar-refractivity contribution in [1.82, 2.24) is 20.4 Å². The van der Waals surface area contributed by atoms with Crippen molar-refractivity contribution < 1.29 is 0 Å². The molecule has 1 aromatic rings. The van der Waals surface area contributed by atoms with Crippen LogP contribution in [0.5, 0.6) is 0 Å². The molecule has 1 saturated heterocycles. The maximum Gasteiger partial charge on any atom is 0.191 e. The third kappa shape index (κ3) is 6.70. The van der Waals surface area contributed by atoms with Gasteiger partial charge in [0.05, 0.1) is 0 Å². The second-order valence-electron chi connectivity index (χ2n) is 7.61. The van der Waals surface area contributed by atoms with Gasteiger partial charge in [-0.3, -0.25) is 14.8 Å². The number of hydrogen-bond donors (Lipinski definition) is 2. The van der Waals surface area contributed by atoms with E-state index in [-0.39, 0.29) is 0 Å². The van der Waals surface area contributed by atoms with Crippen molar-refractivity contribution >= 4 is 17.7 Å². The molecule has 1 heterocycles. The molecular formula is C21H35N5S. The molecule has 6 heteroatoms. The summed E-state index contributed by atoms with van der Waals surface area (Å²) < 4.78 is 0. The summed E-state index contributed by atoms with van der Waals surface area (Å²) in [6.07, 6.45) is 6.06. The van der Waals surface area contributed by atoms with Crippen LogP contribution in [-0.2, 0) is 6.54 Å². The topological polar surface area (TPSA) is 42.9 Å². The third-order valence-corrected chi connectivity index (χ3v) is 6.81. The van der Waals surface area contributed by atoms with Crippen LogP contribution in [0.4, 0.5) is 0 Å². The van der Waals surface area contributed by atoms with Gasteiger partial charge < -0.3 is 10.6 Å². The van der Waals surface area contributed by atoms with Gasteiger partial charge in [0.2, 0.25) is 0 Å². The van der Waals surface area contributed by atoms with Crippen molar-refractivity contribution in [3.8, 4) is 0 Å². The fraction of sp³-hybridized carbons (Fsp3) is 0.667. The van der Waals surface area contributed by atoms with Crippen molar-refractivity contribution in [2.24, 2.45) is 4.99 Å². The largest absolute Gasteiger partial charge is 0.355 e. The Bertz CT molecular complexity index is 571. The number of nitrogens with one attached hydrogen (secondary N) is 2. The lowest BCUT2D eigenvalue weighted by molar-refractivity contribution is 0.129. The van der Waals surface area contributed by atoms with Crippen LogP contribution in [0.25, 0.3) is 0 Å². The molecule has 2 fully saturated rings. The Morgan fingerprint density at radius 2 is 1.85 bits per heavy atom. The maximum atomic E-state index is 4.40. The number of aliphatic imine (C=N–C) groups is 1. The third-order valence-electron chi connectivity index (χ3n) is 5.72. The first-order valence-electron chi connectivity index (χ1n) is 10.3. The lowest BCUT2D eigenvalue weighted by Gasteiger charge is -2.34. The van der Waals surface area contributed by atoms with Crippen LogP contribution in [0.1, 0.15) is 24.8 Å². The van der Waals surface area contributed by atoms with E-state index in [2.05, 4.69) is 62.0 Å². The van der Waals surface area contributed by atoms with Gasteiger partial charge in [0.25, 0.3) is 0 Å². The van der Waals surface area contributed by atoms with Gasteiger partial charge in [-0.25, -0.2) is 0 Å². The number of piperazine rings is 1. The minimum absolute atomic E-state index is 0.579. The van der Waals surface area contributed by atoms with Crippen LogP contribution in [0.3, 0.4) is 0 Å². The van der Waals surface area contributed by atoms with Gasteiger partial charge in [-0.15, -0.1) is 0 Å². The van der Waals surface area contributed by atoms with E-state index in [1.165, 1.54) is 24.8 Å². The zero-order valence-electron chi connectivity index (χ0n) is 16.9. The Kier molecular flexibility index (Phi) is 8.30. The Labute approximate surface area is 169 Å². The number of guanidine groups is 1. The lowest BCUT2D eigenvalue weighted by Crippen LogP contribution is -2.49. The second kappa shape index (κ2) is 10.9. The van der Waals surface area contributed by atoms with Crippen LogP contribution >= 0.6 is 11.8 Å². The predicted molar refractivity (Wildman–Crippen MR) is 118 cm³/mol. The molecule has 3 rings (SSSR count). The number of rotatable bonds is 7.